The molecule has 200 valence electrons. The van der Waals surface area contributed by atoms with E-state index in [9.17, 15) is 21.6 Å². The molecule has 2 aliphatic carbocycles. The van der Waals surface area contributed by atoms with Crippen molar-refractivity contribution in [3.63, 3.8) is 0 Å². The number of sulfonamides is 2. The van der Waals surface area contributed by atoms with Crippen LogP contribution in [0.15, 0.2) is 23.1 Å². The molecule has 8 nitrogen and oxygen atoms in total. The molecule has 2 saturated heterocycles. The highest BCUT2D eigenvalue weighted by Gasteiger charge is 2.65. The molecule has 2 saturated carbocycles. The predicted molar refractivity (Wildman–Crippen MR) is 141 cm³/mol. The molecule has 2 aliphatic heterocycles. The van der Waals surface area contributed by atoms with E-state index in [1.165, 1.54) is 10.4 Å². The minimum atomic E-state index is -3.92. The summed E-state index contributed by atoms with van der Waals surface area (Å²) in [6, 6.07) is 4.84. The van der Waals surface area contributed by atoms with E-state index < -0.39 is 25.5 Å². The maximum Gasteiger partial charge on any atom is 0.243 e. The molecular formula is C26H39N3O5S2. The topological polar surface area (TPSA) is 104 Å². The van der Waals surface area contributed by atoms with Gasteiger partial charge in [-0.3, -0.25) is 9.52 Å². The third-order valence-corrected chi connectivity index (χ3v) is 12.8. The first-order chi connectivity index (χ1) is 17.0. The van der Waals surface area contributed by atoms with Crippen molar-refractivity contribution in [2.75, 3.05) is 41.6 Å². The van der Waals surface area contributed by atoms with Crippen LogP contribution in [-0.4, -0.2) is 58.9 Å². The third-order valence-electron chi connectivity index (χ3n) is 9.46. The van der Waals surface area contributed by atoms with Crippen molar-refractivity contribution in [2.45, 2.75) is 76.5 Å². The highest BCUT2D eigenvalue weighted by Crippen LogP contribution is 2.64. The Bertz CT molecular complexity index is 1230. The Morgan fingerprint density at radius 3 is 2.17 bits per heavy atom. The first kappa shape index (κ1) is 26.0. The van der Waals surface area contributed by atoms with Gasteiger partial charge in [-0.2, -0.15) is 4.31 Å². The summed E-state index contributed by atoms with van der Waals surface area (Å²) < 4.78 is 58.3. The monoisotopic (exact) mass is 537 g/mol. The molecule has 4 fully saturated rings. The first-order valence-corrected chi connectivity index (χ1v) is 16.5. The Hall–Kier alpha value is -1.65. The van der Waals surface area contributed by atoms with Crippen molar-refractivity contribution >= 4 is 37.2 Å². The summed E-state index contributed by atoms with van der Waals surface area (Å²) >= 11 is 0. The van der Waals surface area contributed by atoms with Crippen LogP contribution < -0.4 is 9.62 Å². The number of nitrogens with one attached hydrogen (secondary N) is 1. The van der Waals surface area contributed by atoms with Gasteiger partial charge in [-0.25, -0.2) is 16.8 Å². The number of anilines is 2. The van der Waals surface area contributed by atoms with Crippen LogP contribution in [0.1, 0.15) is 71.6 Å². The lowest BCUT2D eigenvalue weighted by Gasteiger charge is -2.36. The van der Waals surface area contributed by atoms with Gasteiger partial charge in [-0.15, -0.1) is 0 Å². The first-order valence-electron chi connectivity index (χ1n) is 13.4. The zero-order valence-electron chi connectivity index (χ0n) is 21.5. The molecule has 1 aromatic rings. The maximum atomic E-state index is 13.6. The van der Waals surface area contributed by atoms with Gasteiger partial charge < -0.3 is 4.90 Å². The van der Waals surface area contributed by atoms with Crippen LogP contribution >= 0.6 is 0 Å². The normalized spacial score (nSPS) is 29.0. The molecule has 0 spiro atoms. The number of nitrogens with zero attached hydrogens (tertiary/aromatic N) is 2. The third kappa shape index (κ3) is 4.36. The summed E-state index contributed by atoms with van der Waals surface area (Å²) in [6.07, 6.45) is 7.73. The van der Waals surface area contributed by atoms with E-state index in [0.717, 1.165) is 58.0 Å². The number of Topliss-reactive ketones (excluding diaryl/α,β-unsaturated/α-hetero) is 1. The number of carbonyl (C=O) groups is 1. The second-order valence-corrected chi connectivity index (χ2v) is 15.4. The summed E-state index contributed by atoms with van der Waals surface area (Å²) in [5.74, 6) is 0.0131. The molecule has 2 atom stereocenters. The van der Waals surface area contributed by atoms with Crippen molar-refractivity contribution in [1.82, 2.24) is 4.31 Å². The van der Waals surface area contributed by atoms with Crippen molar-refractivity contribution in [3.8, 4) is 0 Å². The van der Waals surface area contributed by atoms with E-state index in [1.54, 1.807) is 12.1 Å². The standard InChI is InChI=1S/C26H39N3O5S2/c1-25(2)20-11-12-26(25,24(30)17-20)19-35(31,32)27-22-18-21(36(33,34)29-15-7-4-8-16-29)9-10-23(22)28-13-5-3-6-14-28/h9-10,18,20,27H,3-8,11-17,19H2,1-2H3/t20-,26-/m0/s1. The molecule has 1 aromatic carbocycles. The van der Waals surface area contributed by atoms with Crippen LogP contribution in [0.4, 0.5) is 11.4 Å². The van der Waals surface area contributed by atoms with Crippen molar-refractivity contribution in [2.24, 2.45) is 16.7 Å². The molecule has 1 N–H and O–H groups in total. The van der Waals surface area contributed by atoms with Crippen LogP contribution in [0, 0.1) is 16.7 Å². The Morgan fingerprint density at radius 1 is 0.944 bits per heavy atom. The van der Waals surface area contributed by atoms with Crippen LogP contribution in [-0.2, 0) is 24.8 Å². The number of rotatable bonds is 7. The fourth-order valence-electron chi connectivity index (χ4n) is 7.06. The number of benzene rings is 1. The fraction of sp³-hybridized carbons (Fsp3) is 0.731. The summed E-state index contributed by atoms with van der Waals surface area (Å²) in [7, 11) is -7.64. The Labute approximate surface area is 215 Å². The van der Waals surface area contributed by atoms with E-state index in [-0.39, 0.29) is 27.8 Å². The summed E-state index contributed by atoms with van der Waals surface area (Å²) in [4.78, 5) is 15.2. The Balaban J connectivity index is 1.49. The lowest BCUT2D eigenvalue weighted by molar-refractivity contribution is -0.128. The SMILES string of the molecule is CC1(C)[C@H]2CC[C@]1(CS(=O)(=O)Nc1cc(S(=O)(=O)N3CCCCC3)ccc1N1CCCCC1)C(=O)C2. The van der Waals surface area contributed by atoms with E-state index in [1.807, 2.05) is 13.8 Å². The molecule has 4 aliphatic rings. The molecule has 0 radical (unpaired) electrons. The maximum absolute atomic E-state index is 13.6. The van der Waals surface area contributed by atoms with Gasteiger partial charge in [0.05, 0.1) is 27.4 Å². The molecule has 2 bridgehead atoms. The van der Waals surface area contributed by atoms with Gasteiger partial charge in [0.15, 0.2) is 0 Å². The number of ketones is 1. The van der Waals surface area contributed by atoms with Crippen LogP contribution in [0.25, 0.3) is 0 Å². The van der Waals surface area contributed by atoms with E-state index >= 15 is 0 Å². The van der Waals surface area contributed by atoms with Crippen LogP contribution in [0.2, 0.25) is 0 Å². The molecule has 36 heavy (non-hydrogen) atoms. The van der Waals surface area contributed by atoms with Crippen molar-refractivity contribution in [3.05, 3.63) is 18.2 Å². The van der Waals surface area contributed by atoms with Crippen LogP contribution in [0.3, 0.4) is 0 Å². The minimum Gasteiger partial charge on any atom is -0.370 e. The number of hydrogen-bond donors (Lipinski definition) is 1. The van der Waals surface area contributed by atoms with Gasteiger partial charge in [-0.05, 0) is 74.5 Å². The summed E-state index contributed by atoms with van der Waals surface area (Å²) in [6.45, 7) is 6.61. The number of fused-ring (bicyclic) bond motifs is 2. The van der Waals surface area contributed by atoms with Crippen molar-refractivity contribution in [1.29, 1.82) is 0 Å². The van der Waals surface area contributed by atoms with E-state index in [2.05, 4.69) is 9.62 Å². The van der Waals surface area contributed by atoms with Gasteiger partial charge in [0, 0.05) is 32.6 Å². The molecule has 0 aromatic heterocycles. The van der Waals surface area contributed by atoms with Gasteiger partial charge >= 0.3 is 0 Å². The fourth-order valence-corrected chi connectivity index (χ4v) is 10.5. The highest BCUT2D eigenvalue weighted by molar-refractivity contribution is 7.92. The minimum absolute atomic E-state index is 0.0480. The quantitative estimate of drug-likeness (QED) is 0.564. The van der Waals surface area contributed by atoms with Crippen LogP contribution in [0.5, 0.6) is 0 Å². The van der Waals surface area contributed by atoms with Gasteiger partial charge in [0.25, 0.3) is 0 Å². The van der Waals surface area contributed by atoms with Gasteiger partial charge in [0.1, 0.15) is 5.78 Å². The zero-order valence-corrected chi connectivity index (χ0v) is 23.1. The average molecular weight is 538 g/mol. The molecule has 10 heteroatoms. The summed E-state index contributed by atoms with van der Waals surface area (Å²) in [5, 5.41) is 0. The lowest BCUT2D eigenvalue weighted by Crippen LogP contribution is -2.43. The Morgan fingerprint density at radius 2 is 1.58 bits per heavy atom. The van der Waals surface area contributed by atoms with E-state index in [4.69, 9.17) is 0 Å². The predicted octanol–water partition coefficient (Wildman–Crippen LogP) is 3.99. The zero-order chi connectivity index (χ0) is 25.8. The second-order valence-electron chi connectivity index (χ2n) is 11.7. The van der Waals surface area contributed by atoms with Gasteiger partial charge in [-0.1, -0.05) is 20.3 Å². The largest absolute Gasteiger partial charge is 0.370 e. The Kier molecular flexibility index (Phi) is 6.69. The van der Waals surface area contributed by atoms with Crippen molar-refractivity contribution < 1.29 is 21.6 Å². The molecule has 2 heterocycles. The van der Waals surface area contributed by atoms with E-state index in [0.29, 0.717) is 37.3 Å². The molecular weight excluding hydrogens is 498 g/mol. The lowest BCUT2D eigenvalue weighted by atomic mass is 9.70. The number of carbonyl (C=O) groups excluding carboxylic acids is 1. The highest BCUT2D eigenvalue weighted by atomic mass is 32.2. The second kappa shape index (κ2) is 9.27. The molecule has 5 rings (SSSR count). The smallest absolute Gasteiger partial charge is 0.243 e. The number of piperidine rings is 2. The molecule has 0 unspecified atom stereocenters. The van der Waals surface area contributed by atoms with Gasteiger partial charge in [0.2, 0.25) is 20.0 Å². The average Bonchev–Trinajstić information content (AvgIpc) is 3.19. The summed E-state index contributed by atoms with van der Waals surface area (Å²) in [5.41, 5.74) is -0.251. The molecule has 0 amide bonds. The number of hydrogen-bond acceptors (Lipinski definition) is 6.